The number of urea groups is 1. The largest absolute Gasteiger partial charge is 0.462 e. The van der Waals surface area contributed by atoms with E-state index in [0.717, 1.165) is 24.1 Å². The van der Waals surface area contributed by atoms with E-state index in [1.807, 2.05) is 56.9 Å². The molecule has 2 amide bonds. The van der Waals surface area contributed by atoms with E-state index in [9.17, 15) is 9.59 Å². The second-order valence-corrected chi connectivity index (χ2v) is 9.56. The van der Waals surface area contributed by atoms with Gasteiger partial charge in [-0.2, -0.15) is 0 Å². The van der Waals surface area contributed by atoms with Crippen molar-refractivity contribution < 1.29 is 14.3 Å². The summed E-state index contributed by atoms with van der Waals surface area (Å²) in [5.41, 5.74) is 2.93. The molecule has 0 aromatic heterocycles. The standard InChI is InChI=1S/C25H36N4O3S/c1-5-29-17(4)21(23(30)32-15-16(2)3)22(28-25(29)33)18-11-13-20(14-12-18)27-24(31)26-19-9-7-6-8-10-19/h11-14,16,19,22H,5-10,15H2,1-4H3,(H,28,33)(H2,26,27,31). The van der Waals surface area contributed by atoms with E-state index >= 15 is 0 Å². The highest BCUT2D eigenvalue weighted by molar-refractivity contribution is 7.80. The zero-order chi connectivity index (χ0) is 24.0. The number of benzene rings is 1. The van der Waals surface area contributed by atoms with Gasteiger partial charge >= 0.3 is 12.0 Å². The van der Waals surface area contributed by atoms with Crippen molar-refractivity contribution in [3.63, 3.8) is 0 Å². The van der Waals surface area contributed by atoms with Crippen LogP contribution in [0.2, 0.25) is 0 Å². The van der Waals surface area contributed by atoms with Gasteiger partial charge in [0.1, 0.15) is 0 Å². The highest BCUT2D eigenvalue weighted by atomic mass is 32.1. The highest BCUT2D eigenvalue weighted by Crippen LogP contribution is 2.32. The second kappa shape index (κ2) is 11.5. The Kier molecular flexibility index (Phi) is 8.72. The van der Waals surface area contributed by atoms with Gasteiger partial charge < -0.3 is 25.6 Å². The van der Waals surface area contributed by atoms with Crippen molar-refractivity contribution >= 4 is 35.0 Å². The molecular weight excluding hydrogens is 436 g/mol. The summed E-state index contributed by atoms with van der Waals surface area (Å²) in [6.45, 7) is 8.93. The second-order valence-electron chi connectivity index (χ2n) is 9.17. The summed E-state index contributed by atoms with van der Waals surface area (Å²) >= 11 is 5.55. The Labute approximate surface area is 202 Å². The lowest BCUT2D eigenvalue weighted by molar-refractivity contribution is -0.140. The van der Waals surface area contributed by atoms with Gasteiger partial charge in [0.25, 0.3) is 0 Å². The molecule has 0 saturated heterocycles. The quantitative estimate of drug-likeness (QED) is 0.388. The number of nitrogens with one attached hydrogen (secondary N) is 3. The molecule has 0 bridgehead atoms. The predicted molar refractivity (Wildman–Crippen MR) is 135 cm³/mol. The Morgan fingerprint density at radius 2 is 1.85 bits per heavy atom. The average molecular weight is 473 g/mol. The summed E-state index contributed by atoms with van der Waals surface area (Å²) in [5, 5.41) is 9.85. The number of amides is 2. The van der Waals surface area contributed by atoms with Crippen LogP contribution >= 0.6 is 12.2 Å². The zero-order valence-electron chi connectivity index (χ0n) is 20.1. The Balaban J connectivity index is 1.75. The van der Waals surface area contributed by atoms with Crippen LogP contribution in [-0.4, -0.2) is 41.2 Å². The Morgan fingerprint density at radius 1 is 1.18 bits per heavy atom. The van der Waals surface area contributed by atoms with Crippen molar-refractivity contribution in [3.05, 3.63) is 41.1 Å². The van der Waals surface area contributed by atoms with E-state index in [0.29, 0.717) is 29.5 Å². The monoisotopic (exact) mass is 472 g/mol. The third-order valence-corrected chi connectivity index (χ3v) is 6.46. The van der Waals surface area contributed by atoms with Gasteiger partial charge in [-0.3, -0.25) is 0 Å². The fourth-order valence-corrected chi connectivity index (χ4v) is 4.74. The van der Waals surface area contributed by atoms with E-state index < -0.39 is 6.04 Å². The number of hydrogen-bond acceptors (Lipinski definition) is 4. The number of allylic oxidation sites excluding steroid dienone is 1. The van der Waals surface area contributed by atoms with Crippen LogP contribution in [0.25, 0.3) is 0 Å². The number of anilines is 1. The van der Waals surface area contributed by atoms with E-state index in [-0.39, 0.29) is 24.0 Å². The molecule has 1 aliphatic carbocycles. The molecule has 1 atom stereocenters. The molecule has 1 fully saturated rings. The molecule has 1 heterocycles. The van der Waals surface area contributed by atoms with Crippen LogP contribution in [-0.2, 0) is 9.53 Å². The molecule has 0 radical (unpaired) electrons. The van der Waals surface area contributed by atoms with Gasteiger partial charge in [-0.05, 0) is 62.5 Å². The summed E-state index contributed by atoms with van der Waals surface area (Å²) in [6.07, 6.45) is 5.66. The molecule has 3 rings (SSSR count). The van der Waals surface area contributed by atoms with Crippen LogP contribution < -0.4 is 16.0 Å². The van der Waals surface area contributed by atoms with Gasteiger partial charge in [-0.1, -0.05) is 45.2 Å². The molecule has 2 aliphatic rings. The average Bonchev–Trinajstić information content (AvgIpc) is 2.78. The first-order valence-corrected chi connectivity index (χ1v) is 12.3. The van der Waals surface area contributed by atoms with Gasteiger partial charge in [0.15, 0.2) is 5.11 Å². The van der Waals surface area contributed by atoms with Crippen LogP contribution in [0.4, 0.5) is 10.5 Å². The third kappa shape index (κ3) is 6.47. The van der Waals surface area contributed by atoms with Crippen molar-refractivity contribution in [1.29, 1.82) is 0 Å². The van der Waals surface area contributed by atoms with Crippen molar-refractivity contribution in [2.45, 2.75) is 71.9 Å². The molecule has 1 aromatic rings. The highest BCUT2D eigenvalue weighted by Gasteiger charge is 2.34. The molecule has 1 saturated carbocycles. The van der Waals surface area contributed by atoms with Crippen LogP contribution in [0.1, 0.15) is 71.4 Å². The SMILES string of the molecule is CCN1C(=S)NC(c2ccc(NC(=O)NC3CCCCC3)cc2)C(C(=O)OCC(C)C)=C1C. The summed E-state index contributed by atoms with van der Waals surface area (Å²) in [5.74, 6) is -0.0907. The fourth-order valence-electron chi connectivity index (χ4n) is 4.36. The van der Waals surface area contributed by atoms with Crippen LogP contribution in [0, 0.1) is 5.92 Å². The minimum Gasteiger partial charge on any atom is -0.462 e. The Bertz CT molecular complexity index is 891. The summed E-state index contributed by atoms with van der Waals surface area (Å²) in [7, 11) is 0. The van der Waals surface area contributed by atoms with E-state index in [1.54, 1.807) is 0 Å². The number of hydrogen-bond donors (Lipinski definition) is 3. The summed E-state index contributed by atoms with van der Waals surface area (Å²) < 4.78 is 5.57. The Hall–Kier alpha value is -2.61. The minimum absolute atomic E-state index is 0.182. The predicted octanol–water partition coefficient (Wildman–Crippen LogP) is 4.87. The number of ether oxygens (including phenoxy) is 1. The van der Waals surface area contributed by atoms with Crippen LogP contribution in [0.3, 0.4) is 0 Å². The minimum atomic E-state index is -0.412. The van der Waals surface area contributed by atoms with Gasteiger partial charge in [-0.25, -0.2) is 9.59 Å². The number of carbonyl (C=O) groups excluding carboxylic acids is 2. The maximum atomic E-state index is 13.0. The zero-order valence-corrected chi connectivity index (χ0v) is 20.9. The molecule has 3 N–H and O–H groups in total. The van der Waals surface area contributed by atoms with Crippen molar-refractivity contribution in [1.82, 2.24) is 15.5 Å². The van der Waals surface area contributed by atoms with Gasteiger partial charge in [0, 0.05) is 24.0 Å². The lowest BCUT2D eigenvalue weighted by atomic mass is 9.94. The van der Waals surface area contributed by atoms with E-state index in [2.05, 4.69) is 16.0 Å². The molecule has 0 spiro atoms. The van der Waals surface area contributed by atoms with Gasteiger partial charge in [0.05, 0.1) is 18.2 Å². The molecule has 7 nitrogen and oxygen atoms in total. The lowest BCUT2D eigenvalue weighted by Gasteiger charge is -2.37. The number of carbonyl (C=O) groups is 2. The first kappa shape index (κ1) is 25.0. The van der Waals surface area contributed by atoms with Crippen LogP contribution in [0.15, 0.2) is 35.5 Å². The maximum absolute atomic E-state index is 13.0. The third-order valence-electron chi connectivity index (χ3n) is 6.12. The fraction of sp³-hybridized carbons (Fsp3) is 0.560. The van der Waals surface area contributed by atoms with Crippen molar-refractivity contribution in [3.8, 4) is 0 Å². The molecule has 1 aromatic carbocycles. The van der Waals surface area contributed by atoms with Crippen LogP contribution in [0.5, 0.6) is 0 Å². The number of thiocarbonyl (C=S) groups is 1. The number of rotatable bonds is 7. The lowest BCUT2D eigenvalue weighted by Crippen LogP contribution is -2.47. The Morgan fingerprint density at radius 3 is 2.45 bits per heavy atom. The van der Waals surface area contributed by atoms with E-state index in [1.165, 1.54) is 19.3 Å². The number of nitrogens with zero attached hydrogens (tertiary/aromatic N) is 1. The maximum Gasteiger partial charge on any atom is 0.338 e. The molecule has 180 valence electrons. The van der Waals surface area contributed by atoms with E-state index in [4.69, 9.17) is 17.0 Å². The molecule has 8 heteroatoms. The van der Waals surface area contributed by atoms with Crippen molar-refractivity contribution in [2.75, 3.05) is 18.5 Å². The first-order valence-electron chi connectivity index (χ1n) is 11.9. The first-order chi connectivity index (χ1) is 15.8. The molecular formula is C25H36N4O3S. The molecule has 1 unspecified atom stereocenters. The topological polar surface area (TPSA) is 82.7 Å². The molecule has 1 aliphatic heterocycles. The summed E-state index contributed by atoms with van der Waals surface area (Å²) in [6, 6.07) is 7.16. The number of esters is 1. The summed E-state index contributed by atoms with van der Waals surface area (Å²) in [4.78, 5) is 27.3. The van der Waals surface area contributed by atoms with Crippen molar-refractivity contribution in [2.24, 2.45) is 5.92 Å². The van der Waals surface area contributed by atoms with Gasteiger partial charge in [-0.15, -0.1) is 0 Å². The smallest absolute Gasteiger partial charge is 0.338 e. The normalized spacial score (nSPS) is 19.4. The molecule has 33 heavy (non-hydrogen) atoms. The van der Waals surface area contributed by atoms with Gasteiger partial charge in [0.2, 0.25) is 0 Å².